The minimum atomic E-state index is -6.13. The fourth-order valence-corrected chi connectivity index (χ4v) is 10.7. The number of halogens is 24. The summed E-state index contributed by atoms with van der Waals surface area (Å²) in [4.78, 5) is 3.99. The minimum absolute atomic E-state index is 0.0858. The SMILES string of the molecule is CCCCOc1ccc([S+](c2ccccc2)c2ccccc2)cc1.FC(F)(F)c1cc([B-](c2cc(C(F)(F)F)cc(C(F)(F)F)c2)(c2cc(C(F)(F)F)cc(C(F)(F)F)c2)c2cc(C(F)(F)F)cc(C(F)(F)F)c2)cc(C(F)(F)F)c1. The molecule has 27 heteroatoms. The molecule has 0 radical (unpaired) electrons. The summed E-state index contributed by atoms with van der Waals surface area (Å²) < 4.78 is 347. The maximum Gasteiger partial charge on any atom is 0.416 e. The molecule has 0 fully saturated rings. The van der Waals surface area contributed by atoms with Gasteiger partial charge in [0.05, 0.1) is 62.0 Å². The van der Waals surface area contributed by atoms with Gasteiger partial charge in [-0.15, -0.1) is 0 Å². The van der Waals surface area contributed by atoms with E-state index in [1.807, 2.05) is 0 Å². The van der Waals surface area contributed by atoms with Crippen LogP contribution < -0.4 is 26.6 Å². The molecule has 434 valence electrons. The van der Waals surface area contributed by atoms with E-state index < -0.39 is 195 Å². The van der Waals surface area contributed by atoms with Crippen LogP contribution in [0.1, 0.15) is 64.3 Å². The first kappa shape index (κ1) is 63.3. The smallest absolute Gasteiger partial charge is 0.416 e. The molecule has 0 N–H and O–H groups in total. The molecule has 0 aliphatic carbocycles. The van der Waals surface area contributed by atoms with Crippen molar-refractivity contribution >= 4 is 38.9 Å². The van der Waals surface area contributed by atoms with Gasteiger partial charge in [-0.1, -0.05) is 98.3 Å². The Kier molecular flexibility index (Phi) is 18.1. The molecule has 0 amide bonds. The number of hydrogen-bond donors (Lipinski definition) is 0. The van der Waals surface area contributed by atoms with Gasteiger partial charge in [-0.2, -0.15) is 127 Å². The molecule has 0 aromatic heterocycles. The molecule has 1 nitrogen and oxygen atoms in total. The molecule has 0 unspecified atom stereocenters. The molecule has 0 bridgehead atoms. The van der Waals surface area contributed by atoms with Gasteiger partial charge in [0.15, 0.2) is 14.7 Å². The van der Waals surface area contributed by atoms with Crippen LogP contribution in [0.3, 0.4) is 0 Å². The Morgan fingerprint density at radius 2 is 0.531 bits per heavy atom. The maximum atomic E-state index is 14.2. The molecule has 0 atom stereocenters. The lowest BCUT2D eigenvalue weighted by atomic mass is 9.12. The van der Waals surface area contributed by atoms with Crippen molar-refractivity contribution in [1.82, 2.24) is 0 Å². The third-order valence-corrected chi connectivity index (χ3v) is 14.5. The quantitative estimate of drug-likeness (QED) is 0.0543. The molecule has 7 aromatic carbocycles. The fraction of sp³-hybridized carbons (Fsp3) is 0.222. The zero-order valence-electron chi connectivity index (χ0n) is 40.6. The normalized spacial score (nSPS) is 13.3. The maximum absolute atomic E-state index is 14.2. The Hall–Kier alpha value is -6.93. The van der Waals surface area contributed by atoms with Crippen molar-refractivity contribution in [3.8, 4) is 5.75 Å². The van der Waals surface area contributed by atoms with Crippen LogP contribution in [0.25, 0.3) is 0 Å². The average Bonchev–Trinajstić information content (AvgIpc) is 3.36. The summed E-state index contributed by atoms with van der Waals surface area (Å²) in [5, 5.41) is 0. The van der Waals surface area contributed by atoms with E-state index in [9.17, 15) is 105 Å². The highest BCUT2D eigenvalue weighted by atomic mass is 32.2. The van der Waals surface area contributed by atoms with E-state index >= 15 is 0 Å². The van der Waals surface area contributed by atoms with Crippen molar-refractivity contribution in [3.63, 3.8) is 0 Å². The van der Waals surface area contributed by atoms with E-state index in [4.69, 9.17) is 4.74 Å². The lowest BCUT2D eigenvalue weighted by Gasteiger charge is -2.46. The minimum Gasteiger partial charge on any atom is -0.494 e. The van der Waals surface area contributed by atoms with Crippen LogP contribution in [0.2, 0.25) is 0 Å². The van der Waals surface area contributed by atoms with Crippen LogP contribution in [0.4, 0.5) is 105 Å². The molecule has 7 aromatic rings. The third-order valence-electron chi connectivity index (χ3n) is 12.2. The zero-order valence-corrected chi connectivity index (χ0v) is 41.4. The summed E-state index contributed by atoms with van der Waals surface area (Å²) in [5.74, 6) is 0.955. The average molecular weight is 1200 g/mol. The summed E-state index contributed by atoms with van der Waals surface area (Å²) >= 11 is 0. The van der Waals surface area contributed by atoms with E-state index in [1.165, 1.54) is 14.7 Å². The summed E-state index contributed by atoms with van der Waals surface area (Å²) in [7, 11) is -0.0858. The van der Waals surface area contributed by atoms with Gasteiger partial charge in [0, 0.05) is 0 Å². The van der Waals surface area contributed by atoms with E-state index in [-0.39, 0.29) is 10.9 Å². The van der Waals surface area contributed by atoms with E-state index in [0.29, 0.717) is 0 Å². The van der Waals surface area contributed by atoms with Crippen LogP contribution in [-0.4, -0.2) is 12.8 Å². The van der Waals surface area contributed by atoms with Crippen molar-refractivity contribution in [1.29, 1.82) is 0 Å². The van der Waals surface area contributed by atoms with Gasteiger partial charge in [-0.25, -0.2) is 0 Å². The Bertz CT molecular complexity index is 2790. The lowest BCUT2D eigenvalue weighted by Crippen LogP contribution is -2.75. The molecule has 0 saturated carbocycles. The predicted molar refractivity (Wildman–Crippen MR) is 252 cm³/mol. The van der Waals surface area contributed by atoms with E-state index in [0.717, 1.165) is 25.2 Å². The van der Waals surface area contributed by atoms with Gasteiger partial charge in [-0.3, -0.25) is 0 Å². The van der Waals surface area contributed by atoms with Crippen molar-refractivity contribution < 1.29 is 110 Å². The molecular weight excluding hydrogens is 1160 g/mol. The first-order valence-electron chi connectivity index (χ1n) is 23.1. The number of benzene rings is 7. The van der Waals surface area contributed by atoms with Gasteiger partial charge in [0.25, 0.3) is 0 Å². The molecule has 0 aliphatic heterocycles. The standard InChI is InChI=1S/C32H12BF24.C22H23OS/c34-25(35,36)13-1-14(26(37,38)39)6-21(5-13)33(22-7-15(27(40,41)42)2-16(8-22)28(43,44)45,23-9-17(29(46,47)48)3-18(10-23)30(49,50)51)24-11-19(31(52,53)54)4-20(12-24)32(55,56)57;1-2-3-18-23-19-14-16-22(17-15-19)24(20-10-6-4-7-11-20)21-12-8-5-9-13-21/h1-12H;4-17H,2-3,18H2,1H3/q-1;+1. The Morgan fingerprint density at radius 3 is 0.741 bits per heavy atom. The number of alkyl halides is 24. The van der Waals surface area contributed by atoms with Crippen LogP contribution in [0.5, 0.6) is 5.75 Å². The largest absolute Gasteiger partial charge is 0.494 e. The van der Waals surface area contributed by atoms with Crippen LogP contribution >= 0.6 is 0 Å². The van der Waals surface area contributed by atoms with Gasteiger partial charge in [0.2, 0.25) is 0 Å². The summed E-state index contributed by atoms with van der Waals surface area (Å²) in [5.41, 5.74) is -30.2. The summed E-state index contributed by atoms with van der Waals surface area (Å²) in [6.07, 6.45) is -52.6. The zero-order chi connectivity index (χ0) is 60.5. The molecule has 7 rings (SSSR count). The number of rotatable bonds is 11. The second-order valence-corrected chi connectivity index (χ2v) is 19.9. The van der Waals surface area contributed by atoms with Crippen molar-refractivity contribution in [3.05, 3.63) is 202 Å². The first-order chi connectivity index (χ1) is 37.1. The van der Waals surface area contributed by atoms with Gasteiger partial charge in [0.1, 0.15) is 11.9 Å². The van der Waals surface area contributed by atoms with Crippen LogP contribution in [-0.2, 0) is 60.3 Å². The van der Waals surface area contributed by atoms with Crippen molar-refractivity contribution in [2.75, 3.05) is 6.61 Å². The highest BCUT2D eigenvalue weighted by molar-refractivity contribution is 7.97. The van der Waals surface area contributed by atoms with Crippen molar-refractivity contribution in [2.45, 2.75) is 83.9 Å². The predicted octanol–water partition coefficient (Wildman–Crippen LogP) is 17.2. The molecule has 0 heterocycles. The highest BCUT2D eigenvalue weighted by Crippen LogP contribution is 2.42. The van der Waals surface area contributed by atoms with Gasteiger partial charge in [-0.05, 0) is 79.2 Å². The first-order valence-corrected chi connectivity index (χ1v) is 24.3. The van der Waals surface area contributed by atoms with E-state index in [2.05, 4.69) is 91.9 Å². The summed E-state index contributed by atoms with van der Waals surface area (Å²) in [6.45, 7) is 2.97. The molecule has 0 spiro atoms. The number of ether oxygens (including phenoxy) is 1. The number of hydrogen-bond acceptors (Lipinski definition) is 1. The van der Waals surface area contributed by atoms with Gasteiger partial charge >= 0.3 is 49.4 Å². The highest BCUT2D eigenvalue weighted by Gasteiger charge is 2.47. The van der Waals surface area contributed by atoms with Crippen molar-refractivity contribution in [2.24, 2.45) is 0 Å². The topological polar surface area (TPSA) is 9.23 Å². The second-order valence-electron chi connectivity index (χ2n) is 17.8. The number of unbranched alkanes of at least 4 members (excludes halogenated alkanes) is 1. The van der Waals surface area contributed by atoms with Crippen LogP contribution in [0, 0.1) is 0 Å². The molecule has 0 saturated heterocycles. The van der Waals surface area contributed by atoms with Gasteiger partial charge < -0.3 is 4.74 Å². The second kappa shape index (κ2) is 23.1. The Labute approximate surface area is 446 Å². The summed E-state index contributed by atoms with van der Waals surface area (Å²) in [6, 6.07) is 21.2. The molecular formula is C54H35BF24OS. The lowest BCUT2D eigenvalue weighted by molar-refractivity contribution is -0.144. The fourth-order valence-electron chi connectivity index (χ4n) is 8.60. The van der Waals surface area contributed by atoms with E-state index in [1.54, 1.807) is 0 Å². The Balaban J connectivity index is 0.000000363. The monoisotopic (exact) mass is 1200 g/mol. The Morgan fingerprint density at radius 1 is 0.309 bits per heavy atom. The third kappa shape index (κ3) is 15.2. The van der Waals surface area contributed by atoms with Crippen LogP contribution in [0.15, 0.2) is 172 Å². The molecule has 0 aliphatic rings. The molecule has 81 heavy (non-hydrogen) atoms.